The number of rotatable bonds is 0. The number of hydrogen-bond donors (Lipinski definition) is 0. The molecule has 0 aromatic heterocycles. The fraction of sp³-hybridized carbons (Fsp3) is 0. The third-order valence-electron chi connectivity index (χ3n) is 1.77. The second-order valence-corrected chi connectivity index (χ2v) is 2.59. The van der Waals surface area contributed by atoms with Crippen molar-refractivity contribution in [1.82, 2.24) is 5.10 Å². The highest BCUT2D eigenvalue weighted by atomic mass is 16.5. The van der Waals surface area contributed by atoms with Crippen LogP contribution >= 0.6 is 0 Å². The van der Waals surface area contributed by atoms with E-state index in [9.17, 15) is 10.0 Å². The average molecular weight is 174 g/mol. The van der Waals surface area contributed by atoms with Gasteiger partial charge in [0.15, 0.2) is 5.43 Å². The Hall–Kier alpha value is -1.97. The van der Waals surface area contributed by atoms with Gasteiger partial charge in [0.2, 0.25) is 0 Å². The van der Waals surface area contributed by atoms with Crippen LogP contribution in [0.3, 0.4) is 0 Å². The minimum atomic E-state index is -0.167. The molecule has 0 saturated carbocycles. The van der Waals surface area contributed by atoms with Crippen molar-refractivity contribution in [2.24, 2.45) is 0 Å². The van der Waals surface area contributed by atoms with Crippen LogP contribution in [-0.2, 0) is 0 Å². The molecule has 0 bridgehead atoms. The van der Waals surface area contributed by atoms with Gasteiger partial charge in [0.05, 0.1) is 11.8 Å². The Morgan fingerprint density at radius 3 is 2.92 bits per heavy atom. The van der Waals surface area contributed by atoms with E-state index in [0.29, 0.717) is 10.4 Å². The highest BCUT2D eigenvalue weighted by Crippen LogP contribution is 2.08. The van der Waals surface area contributed by atoms with Crippen LogP contribution < -0.4 is 10.3 Å². The third kappa shape index (κ3) is 1.22. The van der Waals surface area contributed by atoms with E-state index in [-0.39, 0.29) is 11.1 Å². The highest BCUT2D eigenvalue weighted by Gasteiger charge is 2.12. The van der Waals surface area contributed by atoms with Crippen molar-refractivity contribution in [2.75, 3.05) is 0 Å². The normalized spacial score (nSPS) is 10.2. The molecule has 0 spiro atoms. The Morgan fingerprint density at radius 1 is 1.23 bits per heavy atom. The molecule has 0 saturated heterocycles. The first-order valence-corrected chi connectivity index (χ1v) is 3.77. The third-order valence-corrected chi connectivity index (χ3v) is 1.77. The minimum absolute atomic E-state index is 0.167. The summed E-state index contributed by atoms with van der Waals surface area (Å²) in [6, 6.07) is 7.68. The van der Waals surface area contributed by atoms with Crippen molar-refractivity contribution in [2.45, 2.75) is 0 Å². The van der Waals surface area contributed by atoms with Gasteiger partial charge >= 0.3 is 0 Å². The second kappa shape index (κ2) is 2.82. The summed E-state index contributed by atoms with van der Waals surface area (Å²) in [4.78, 5) is 11.7. The first-order valence-electron chi connectivity index (χ1n) is 3.77. The molecule has 0 aromatic carbocycles. The lowest BCUT2D eigenvalue weighted by Gasteiger charge is -1.96. The molecule has 2 aliphatic rings. The van der Waals surface area contributed by atoms with Gasteiger partial charge in [-0.25, -0.2) is 0 Å². The van der Waals surface area contributed by atoms with E-state index >= 15 is 0 Å². The molecule has 1 aliphatic heterocycles. The van der Waals surface area contributed by atoms with E-state index in [1.807, 2.05) is 0 Å². The maximum absolute atomic E-state index is 11.3. The Kier molecular flexibility index (Phi) is 1.66. The van der Waals surface area contributed by atoms with Gasteiger partial charge in [0, 0.05) is 11.2 Å². The van der Waals surface area contributed by atoms with Gasteiger partial charge in [-0.05, 0) is 23.0 Å². The maximum Gasteiger partial charge on any atom is 0.256 e. The standard InChI is InChI=1S/C9H6N2O2/c12-9-5-1-4-8-7(9)3-2-6-10-11(8)13/h1-6H. The molecule has 0 fully saturated rings. The summed E-state index contributed by atoms with van der Waals surface area (Å²) in [5, 5.41) is 14.7. The van der Waals surface area contributed by atoms with E-state index in [1.54, 1.807) is 24.3 Å². The quantitative estimate of drug-likeness (QED) is 0.423. The molecule has 0 unspecified atom stereocenters. The predicted molar refractivity (Wildman–Crippen MR) is 46.1 cm³/mol. The summed E-state index contributed by atoms with van der Waals surface area (Å²) in [6.45, 7) is 0. The fourth-order valence-corrected chi connectivity index (χ4v) is 1.17. The largest absolute Gasteiger partial charge is 0.594 e. The number of hydrogen-bond acceptors (Lipinski definition) is 3. The van der Waals surface area contributed by atoms with Gasteiger partial charge in [-0.15, -0.1) is 0 Å². The summed E-state index contributed by atoms with van der Waals surface area (Å²) < 4.78 is 0. The van der Waals surface area contributed by atoms with E-state index in [0.717, 1.165) is 0 Å². The predicted octanol–water partition coefficient (Wildman–Crippen LogP) is 0.180. The monoisotopic (exact) mass is 174 g/mol. The Balaban J connectivity index is 2.92. The van der Waals surface area contributed by atoms with Gasteiger partial charge in [-0.3, -0.25) is 4.79 Å². The molecule has 4 heteroatoms. The van der Waals surface area contributed by atoms with Crippen LogP contribution in [0.25, 0.3) is 11.3 Å². The van der Waals surface area contributed by atoms with Crippen molar-refractivity contribution in [3.05, 3.63) is 52.0 Å². The van der Waals surface area contributed by atoms with Crippen LogP contribution in [-0.4, -0.2) is 5.10 Å². The zero-order valence-electron chi connectivity index (χ0n) is 6.68. The fourth-order valence-electron chi connectivity index (χ4n) is 1.17. The summed E-state index contributed by atoms with van der Waals surface area (Å²) in [5.41, 5.74) is 0.507. The first-order chi connectivity index (χ1) is 6.29. The number of aromatic nitrogens is 2. The molecular weight excluding hydrogens is 168 g/mol. The van der Waals surface area contributed by atoms with E-state index in [1.165, 1.54) is 12.3 Å². The number of fused-ring (bicyclic) bond motifs is 1. The van der Waals surface area contributed by atoms with E-state index < -0.39 is 0 Å². The van der Waals surface area contributed by atoms with Crippen LogP contribution in [0.1, 0.15) is 0 Å². The lowest BCUT2D eigenvalue weighted by Crippen LogP contribution is -2.33. The van der Waals surface area contributed by atoms with Crippen LogP contribution in [0.15, 0.2) is 41.3 Å². The van der Waals surface area contributed by atoms with E-state index in [4.69, 9.17) is 0 Å². The van der Waals surface area contributed by atoms with Crippen molar-refractivity contribution >= 4 is 0 Å². The Bertz CT molecular complexity index is 470. The molecular formula is C9H6N2O2. The van der Waals surface area contributed by atoms with Crippen LogP contribution in [0.5, 0.6) is 0 Å². The topological polar surface area (TPSA) is 56.9 Å². The minimum Gasteiger partial charge on any atom is -0.594 e. The van der Waals surface area contributed by atoms with Gasteiger partial charge < -0.3 is 5.21 Å². The molecule has 0 N–H and O–H groups in total. The van der Waals surface area contributed by atoms with Gasteiger partial charge in [0.25, 0.3) is 5.69 Å². The summed E-state index contributed by atoms with van der Waals surface area (Å²) >= 11 is 0. The molecule has 4 nitrogen and oxygen atoms in total. The van der Waals surface area contributed by atoms with Crippen LogP contribution in [0.2, 0.25) is 0 Å². The number of nitrogens with zero attached hydrogens (tertiary/aromatic N) is 2. The molecule has 13 heavy (non-hydrogen) atoms. The number of benzene rings is 1. The second-order valence-electron chi connectivity index (χ2n) is 2.59. The average Bonchev–Trinajstić information content (AvgIpc) is 2.30. The summed E-state index contributed by atoms with van der Waals surface area (Å²) in [7, 11) is 0. The smallest absolute Gasteiger partial charge is 0.256 e. The Labute approximate surface area is 74.0 Å². The van der Waals surface area contributed by atoms with Crippen molar-refractivity contribution < 1.29 is 4.85 Å². The zero-order chi connectivity index (χ0) is 9.26. The van der Waals surface area contributed by atoms with Gasteiger partial charge in [-0.1, -0.05) is 6.07 Å². The van der Waals surface area contributed by atoms with Crippen LogP contribution in [0.4, 0.5) is 0 Å². The van der Waals surface area contributed by atoms with Crippen molar-refractivity contribution in [1.29, 1.82) is 0 Å². The van der Waals surface area contributed by atoms with Crippen molar-refractivity contribution in [3.8, 4) is 11.3 Å². The van der Waals surface area contributed by atoms with Gasteiger partial charge in [-0.2, -0.15) is 0 Å². The lowest BCUT2D eigenvalue weighted by molar-refractivity contribution is -0.657. The van der Waals surface area contributed by atoms with Gasteiger partial charge in [0.1, 0.15) is 0 Å². The molecule has 0 amide bonds. The molecule has 0 atom stereocenters. The Morgan fingerprint density at radius 2 is 2.08 bits per heavy atom. The molecule has 0 radical (unpaired) electrons. The molecule has 0 aromatic rings. The molecule has 2 rings (SSSR count). The molecule has 1 heterocycles. The SMILES string of the molecule is O=c1cccc2[n+]([O-])ncccc1-2. The highest BCUT2D eigenvalue weighted by molar-refractivity contribution is 5.55. The first kappa shape index (κ1) is 7.67. The van der Waals surface area contributed by atoms with Crippen molar-refractivity contribution in [3.63, 3.8) is 0 Å². The summed E-state index contributed by atoms with van der Waals surface area (Å²) in [5.74, 6) is 0. The maximum atomic E-state index is 11.3. The van der Waals surface area contributed by atoms with Crippen LogP contribution in [0, 0.1) is 5.21 Å². The zero-order valence-corrected chi connectivity index (χ0v) is 6.68. The molecule has 64 valence electrons. The van der Waals surface area contributed by atoms with E-state index in [2.05, 4.69) is 5.10 Å². The lowest BCUT2D eigenvalue weighted by atomic mass is 10.1. The molecule has 1 aliphatic carbocycles. The summed E-state index contributed by atoms with van der Waals surface area (Å²) in [6.07, 6.45) is 1.35.